The summed E-state index contributed by atoms with van der Waals surface area (Å²) in [6, 6.07) is 0. The Kier molecular flexibility index (Phi) is 2.86. The summed E-state index contributed by atoms with van der Waals surface area (Å²) in [7, 11) is 0.603. The summed E-state index contributed by atoms with van der Waals surface area (Å²) >= 11 is 0. The van der Waals surface area contributed by atoms with Gasteiger partial charge in [-0.25, -0.2) is 0 Å². The van der Waals surface area contributed by atoms with E-state index in [9.17, 15) is 0 Å². The van der Waals surface area contributed by atoms with Crippen molar-refractivity contribution in [1.29, 1.82) is 0 Å². The number of rotatable bonds is 1. The standard InChI is InChI=1S/C5H11O3P/c1-5-3-7-9(6-2)8-4-5/h5H,3-4H2,1-2H3. The Hall–Kier alpha value is 0.310. The Morgan fingerprint density at radius 2 is 2.00 bits per heavy atom. The fourth-order valence-corrected chi connectivity index (χ4v) is 1.60. The van der Waals surface area contributed by atoms with Gasteiger partial charge in [0.05, 0.1) is 13.2 Å². The third kappa shape index (κ3) is 2.18. The first kappa shape index (κ1) is 7.42. The van der Waals surface area contributed by atoms with Gasteiger partial charge >= 0.3 is 8.60 Å². The lowest BCUT2D eigenvalue weighted by molar-refractivity contribution is 0.0893. The van der Waals surface area contributed by atoms with Gasteiger partial charge in [0.25, 0.3) is 0 Å². The first-order valence-electron chi connectivity index (χ1n) is 2.93. The van der Waals surface area contributed by atoms with Crippen molar-refractivity contribution >= 4 is 8.60 Å². The van der Waals surface area contributed by atoms with Gasteiger partial charge in [0.1, 0.15) is 0 Å². The molecular formula is C5H11O3P. The molecule has 4 heteroatoms. The van der Waals surface area contributed by atoms with Gasteiger partial charge in [0.15, 0.2) is 0 Å². The minimum atomic E-state index is -0.996. The topological polar surface area (TPSA) is 27.7 Å². The molecule has 9 heavy (non-hydrogen) atoms. The van der Waals surface area contributed by atoms with E-state index in [1.165, 1.54) is 0 Å². The Morgan fingerprint density at radius 1 is 1.44 bits per heavy atom. The molecule has 0 aliphatic carbocycles. The maximum absolute atomic E-state index is 5.16. The highest BCUT2D eigenvalue weighted by atomic mass is 31.2. The second kappa shape index (κ2) is 3.47. The molecule has 1 aliphatic heterocycles. The molecule has 0 atom stereocenters. The molecule has 3 nitrogen and oxygen atoms in total. The van der Waals surface area contributed by atoms with E-state index in [1.54, 1.807) is 7.11 Å². The molecule has 0 radical (unpaired) electrons. The lowest BCUT2D eigenvalue weighted by atomic mass is 10.2. The Bertz CT molecular complexity index is 80.3. The molecule has 1 rings (SSSR count). The van der Waals surface area contributed by atoms with Crippen molar-refractivity contribution in [3.8, 4) is 0 Å². The maximum Gasteiger partial charge on any atom is 0.332 e. The molecule has 0 aromatic carbocycles. The summed E-state index contributed by atoms with van der Waals surface area (Å²) in [4.78, 5) is 0. The van der Waals surface area contributed by atoms with Crippen LogP contribution in [-0.2, 0) is 13.6 Å². The van der Waals surface area contributed by atoms with Crippen LogP contribution in [0.5, 0.6) is 0 Å². The SMILES string of the molecule is COP1OCC(C)CO1. The summed E-state index contributed by atoms with van der Waals surface area (Å²) < 4.78 is 15.2. The highest BCUT2D eigenvalue weighted by molar-refractivity contribution is 7.41. The molecule has 1 saturated heterocycles. The normalized spacial score (nSPS) is 36.7. The minimum Gasteiger partial charge on any atom is -0.316 e. The van der Waals surface area contributed by atoms with E-state index in [0.29, 0.717) is 5.92 Å². The van der Waals surface area contributed by atoms with Gasteiger partial charge in [0.2, 0.25) is 0 Å². The summed E-state index contributed by atoms with van der Waals surface area (Å²) in [6.45, 7) is 3.61. The van der Waals surface area contributed by atoms with Crippen LogP contribution < -0.4 is 0 Å². The molecule has 0 spiro atoms. The largest absolute Gasteiger partial charge is 0.332 e. The first-order chi connectivity index (χ1) is 4.33. The van der Waals surface area contributed by atoms with Crippen LogP contribution >= 0.6 is 8.60 Å². The van der Waals surface area contributed by atoms with Crippen LogP contribution in [0.2, 0.25) is 0 Å². The van der Waals surface area contributed by atoms with E-state index in [0.717, 1.165) is 13.2 Å². The summed E-state index contributed by atoms with van der Waals surface area (Å²) in [5.74, 6) is 0.513. The first-order valence-corrected chi connectivity index (χ1v) is 4.02. The average molecular weight is 150 g/mol. The lowest BCUT2D eigenvalue weighted by Crippen LogP contribution is -2.16. The molecule has 1 fully saturated rings. The predicted molar refractivity (Wildman–Crippen MR) is 35.0 cm³/mol. The van der Waals surface area contributed by atoms with Gasteiger partial charge in [-0.15, -0.1) is 0 Å². The Labute approximate surface area is 56.3 Å². The maximum atomic E-state index is 5.16. The van der Waals surface area contributed by atoms with Gasteiger partial charge in [0, 0.05) is 13.0 Å². The van der Waals surface area contributed by atoms with E-state index in [-0.39, 0.29) is 0 Å². The van der Waals surface area contributed by atoms with Gasteiger partial charge in [-0.1, -0.05) is 6.92 Å². The quantitative estimate of drug-likeness (QED) is 0.530. The van der Waals surface area contributed by atoms with Crippen LogP contribution in [0, 0.1) is 5.92 Å². The summed E-state index contributed by atoms with van der Waals surface area (Å²) in [5.41, 5.74) is 0. The molecule has 54 valence electrons. The minimum absolute atomic E-state index is 0.513. The van der Waals surface area contributed by atoms with Crippen LogP contribution in [0.25, 0.3) is 0 Å². The summed E-state index contributed by atoms with van der Waals surface area (Å²) in [6.07, 6.45) is 0. The number of hydrogen-bond donors (Lipinski definition) is 0. The lowest BCUT2D eigenvalue weighted by Gasteiger charge is -2.23. The average Bonchev–Trinajstić information content (AvgIpc) is 1.90. The summed E-state index contributed by atoms with van der Waals surface area (Å²) in [5, 5.41) is 0. The molecule has 0 amide bonds. The van der Waals surface area contributed by atoms with Gasteiger partial charge < -0.3 is 13.6 Å². The second-order valence-corrected chi connectivity index (χ2v) is 3.43. The van der Waals surface area contributed by atoms with E-state index in [2.05, 4.69) is 6.92 Å². The van der Waals surface area contributed by atoms with Crippen molar-refractivity contribution in [1.82, 2.24) is 0 Å². The van der Waals surface area contributed by atoms with Crippen LogP contribution in [0.4, 0.5) is 0 Å². The highest BCUT2D eigenvalue weighted by Gasteiger charge is 2.19. The van der Waals surface area contributed by atoms with Crippen LogP contribution in [-0.4, -0.2) is 20.3 Å². The molecule has 0 aromatic rings. The number of hydrogen-bond acceptors (Lipinski definition) is 3. The highest BCUT2D eigenvalue weighted by Crippen LogP contribution is 2.42. The van der Waals surface area contributed by atoms with Crippen molar-refractivity contribution in [2.24, 2.45) is 5.92 Å². The predicted octanol–water partition coefficient (Wildman–Crippen LogP) is 1.54. The Morgan fingerprint density at radius 3 is 2.44 bits per heavy atom. The van der Waals surface area contributed by atoms with E-state index in [1.807, 2.05) is 0 Å². The zero-order valence-electron chi connectivity index (χ0n) is 5.66. The zero-order valence-corrected chi connectivity index (χ0v) is 6.56. The van der Waals surface area contributed by atoms with Gasteiger partial charge in [-0.2, -0.15) is 0 Å². The molecule has 0 unspecified atom stereocenters. The fourth-order valence-electron chi connectivity index (χ4n) is 0.567. The third-order valence-electron chi connectivity index (χ3n) is 1.08. The van der Waals surface area contributed by atoms with E-state index < -0.39 is 8.60 Å². The molecule has 0 aromatic heterocycles. The Balaban J connectivity index is 2.18. The molecular weight excluding hydrogens is 139 g/mol. The monoisotopic (exact) mass is 150 g/mol. The third-order valence-corrected chi connectivity index (χ3v) is 2.10. The van der Waals surface area contributed by atoms with E-state index in [4.69, 9.17) is 13.6 Å². The zero-order chi connectivity index (χ0) is 6.69. The molecule has 0 bridgehead atoms. The molecule has 0 saturated carbocycles. The molecule has 1 aliphatic rings. The van der Waals surface area contributed by atoms with Crippen LogP contribution in [0.15, 0.2) is 0 Å². The fraction of sp³-hybridized carbons (Fsp3) is 1.00. The van der Waals surface area contributed by atoms with Crippen molar-refractivity contribution in [2.45, 2.75) is 6.92 Å². The van der Waals surface area contributed by atoms with Gasteiger partial charge in [-0.05, 0) is 0 Å². The van der Waals surface area contributed by atoms with Crippen molar-refractivity contribution in [2.75, 3.05) is 20.3 Å². The second-order valence-electron chi connectivity index (χ2n) is 2.10. The van der Waals surface area contributed by atoms with Crippen LogP contribution in [0.1, 0.15) is 6.92 Å². The smallest absolute Gasteiger partial charge is 0.316 e. The van der Waals surface area contributed by atoms with Crippen molar-refractivity contribution in [3.63, 3.8) is 0 Å². The van der Waals surface area contributed by atoms with Crippen LogP contribution in [0.3, 0.4) is 0 Å². The van der Waals surface area contributed by atoms with Crippen molar-refractivity contribution < 1.29 is 13.6 Å². The van der Waals surface area contributed by atoms with Crippen molar-refractivity contribution in [3.05, 3.63) is 0 Å². The van der Waals surface area contributed by atoms with Gasteiger partial charge in [-0.3, -0.25) is 0 Å². The van der Waals surface area contributed by atoms with E-state index >= 15 is 0 Å². The molecule has 0 N–H and O–H groups in total. The molecule has 1 heterocycles.